The Morgan fingerprint density at radius 1 is 1.15 bits per heavy atom. The Bertz CT molecular complexity index is 1340. The molecule has 0 spiro atoms. The molecule has 34 heavy (non-hydrogen) atoms. The third-order valence-electron chi connectivity index (χ3n) is 4.99. The maximum atomic E-state index is 14.1. The van der Waals surface area contributed by atoms with Gasteiger partial charge in [-0.2, -0.15) is 13.2 Å². The predicted molar refractivity (Wildman–Crippen MR) is 122 cm³/mol. The smallest absolute Gasteiger partial charge is 0.395 e. The first kappa shape index (κ1) is 23.4. The van der Waals surface area contributed by atoms with E-state index in [0.29, 0.717) is 35.1 Å². The molecule has 0 bridgehead atoms. The molecule has 176 valence electrons. The van der Waals surface area contributed by atoms with E-state index in [1.54, 1.807) is 24.3 Å². The van der Waals surface area contributed by atoms with Gasteiger partial charge in [-0.15, -0.1) is 11.3 Å². The van der Waals surface area contributed by atoms with Gasteiger partial charge in [0.1, 0.15) is 22.8 Å². The zero-order valence-electron chi connectivity index (χ0n) is 17.3. The number of urea groups is 1. The predicted octanol–water partition coefficient (Wildman–Crippen LogP) is 5.13. The zero-order chi connectivity index (χ0) is 24.5. The quantitative estimate of drug-likeness (QED) is 0.336. The molecular formula is C22H17F4N5O2S. The molecular weight excluding hydrogens is 474 g/mol. The Kier molecular flexibility index (Phi) is 6.35. The number of hydrogen-bond acceptors (Lipinski definition) is 6. The lowest BCUT2D eigenvalue weighted by atomic mass is 10.1. The lowest BCUT2D eigenvalue weighted by Gasteiger charge is -2.23. The molecule has 0 radical (unpaired) electrons. The molecule has 4 aromatic rings. The van der Waals surface area contributed by atoms with E-state index in [1.807, 2.05) is 5.38 Å². The monoisotopic (exact) mass is 491 g/mol. The van der Waals surface area contributed by atoms with Crippen molar-refractivity contribution in [3.05, 3.63) is 65.6 Å². The molecule has 0 aliphatic carbocycles. The first-order chi connectivity index (χ1) is 16.2. The van der Waals surface area contributed by atoms with Gasteiger partial charge in [0.15, 0.2) is 0 Å². The molecule has 2 aromatic carbocycles. The number of thiophene rings is 1. The minimum absolute atomic E-state index is 0.173. The molecule has 0 fully saturated rings. The molecule has 2 amide bonds. The number of carbonyl (C=O) groups excluding carboxylic acids is 1. The molecule has 0 saturated heterocycles. The Morgan fingerprint density at radius 3 is 2.56 bits per heavy atom. The van der Waals surface area contributed by atoms with E-state index in [1.165, 1.54) is 17.7 Å². The van der Waals surface area contributed by atoms with Crippen LogP contribution in [0.15, 0.2) is 54.2 Å². The van der Waals surface area contributed by atoms with Crippen LogP contribution in [-0.2, 0) is 6.18 Å². The van der Waals surface area contributed by atoms with Crippen LogP contribution in [0.3, 0.4) is 0 Å². The van der Waals surface area contributed by atoms with Crippen molar-refractivity contribution in [1.82, 2.24) is 9.97 Å². The molecule has 2 aromatic heterocycles. The first-order valence-electron chi connectivity index (χ1n) is 9.83. The molecule has 7 nitrogen and oxygen atoms in total. The first-order valence-corrected chi connectivity index (χ1v) is 10.7. The molecule has 0 atom stereocenters. The van der Waals surface area contributed by atoms with E-state index in [9.17, 15) is 27.5 Å². The fraction of sp³-hybridized carbons (Fsp3) is 0.136. The highest BCUT2D eigenvalue weighted by Gasteiger charge is 2.31. The number of anilines is 3. The fourth-order valence-electron chi connectivity index (χ4n) is 3.36. The number of alkyl halides is 3. The summed E-state index contributed by atoms with van der Waals surface area (Å²) in [4.78, 5) is 22.8. The number of nitrogens with zero attached hydrogens (tertiary/aromatic N) is 3. The van der Waals surface area contributed by atoms with Crippen molar-refractivity contribution in [3.8, 4) is 11.1 Å². The van der Waals surface area contributed by atoms with E-state index in [2.05, 4.69) is 15.3 Å². The third kappa shape index (κ3) is 4.63. The van der Waals surface area contributed by atoms with Gasteiger partial charge in [-0.05, 0) is 35.9 Å². The summed E-state index contributed by atoms with van der Waals surface area (Å²) >= 11 is 1.40. The van der Waals surface area contributed by atoms with Crippen LogP contribution in [0.1, 0.15) is 5.56 Å². The second-order valence-corrected chi connectivity index (χ2v) is 7.99. The summed E-state index contributed by atoms with van der Waals surface area (Å²) in [6.45, 7) is -0.600. The van der Waals surface area contributed by atoms with Crippen LogP contribution in [0.25, 0.3) is 21.3 Å². The summed E-state index contributed by atoms with van der Waals surface area (Å²) < 4.78 is 53.0. The molecule has 0 unspecified atom stereocenters. The minimum Gasteiger partial charge on any atom is -0.395 e. The van der Waals surface area contributed by atoms with E-state index in [4.69, 9.17) is 5.73 Å². The van der Waals surface area contributed by atoms with Crippen LogP contribution in [0.5, 0.6) is 0 Å². The summed E-state index contributed by atoms with van der Waals surface area (Å²) in [7, 11) is 0. The molecule has 0 aliphatic rings. The molecule has 0 aliphatic heterocycles. The van der Waals surface area contributed by atoms with Crippen molar-refractivity contribution in [2.24, 2.45) is 0 Å². The second kappa shape index (κ2) is 9.23. The van der Waals surface area contributed by atoms with Gasteiger partial charge in [0.2, 0.25) is 0 Å². The number of fused-ring (bicyclic) bond motifs is 1. The summed E-state index contributed by atoms with van der Waals surface area (Å²) in [5, 5.41) is 14.1. The highest BCUT2D eigenvalue weighted by molar-refractivity contribution is 7.17. The number of rotatable bonds is 5. The number of hydrogen-bond donors (Lipinski definition) is 3. The van der Waals surface area contributed by atoms with Gasteiger partial charge < -0.3 is 16.2 Å². The highest BCUT2D eigenvalue weighted by atomic mass is 32.1. The van der Waals surface area contributed by atoms with Crippen molar-refractivity contribution in [2.45, 2.75) is 6.18 Å². The van der Waals surface area contributed by atoms with Gasteiger partial charge >= 0.3 is 12.2 Å². The summed E-state index contributed by atoms with van der Waals surface area (Å²) in [5.74, 6) is -0.695. The van der Waals surface area contributed by atoms with Crippen LogP contribution in [-0.4, -0.2) is 34.3 Å². The highest BCUT2D eigenvalue weighted by Crippen LogP contribution is 2.36. The number of benzene rings is 2. The van der Waals surface area contributed by atoms with Crippen molar-refractivity contribution >= 4 is 44.8 Å². The van der Waals surface area contributed by atoms with Crippen molar-refractivity contribution < 1.29 is 27.5 Å². The van der Waals surface area contributed by atoms with Crippen LogP contribution in [0.4, 0.5) is 39.5 Å². The number of carbonyl (C=O) groups is 1. The Balaban J connectivity index is 1.61. The fourth-order valence-corrected chi connectivity index (χ4v) is 4.28. The number of nitrogens with one attached hydrogen (secondary N) is 1. The Morgan fingerprint density at radius 2 is 1.88 bits per heavy atom. The van der Waals surface area contributed by atoms with Gasteiger partial charge in [0.05, 0.1) is 29.8 Å². The lowest BCUT2D eigenvalue weighted by molar-refractivity contribution is -0.137. The minimum atomic E-state index is -4.70. The van der Waals surface area contributed by atoms with E-state index in [-0.39, 0.29) is 6.54 Å². The third-order valence-corrected chi connectivity index (χ3v) is 5.88. The van der Waals surface area contributed by atoms with Crippen molar-refractivity contribution in [3.63, 3.8) is 0 Å². The molecule has 4 rings (SSSR count). The maximum absolute atomic E-state index is 14.1. The van der Waals surface area contributed by atoms with Crippen LogP contribution in [0.2, 0.25) is 0 Å². The molecule has 2 heterocycles. The number of halogens is 4. The molecule has 0 saturated carbocycles. The average molecular weight is 491 g/mol. The van der Waals surface area contributed by atoms with Crippen LogP contribution in [0, 0.1) is 5.82 Å². The average Bonchev–Trinajstić information content (AvgIpc) is 3.24. The number of aliphatic hydroxyl groups excluding tert-OH is 1. The summed E-state index contributed by atoms with van der Waals surface area (Å²) in [6.07, 6.45) is -3.33. The second-order valence-electron chi connectivity index (χ2n) is 7.13. The topological polar surface area (TPSA) is 104 Å². The van der Waals surface area contributed by atoms with E-state index < -0.39 is 35.9 Å². The van der Waals surface area contributed by atoms with E-state index >= 15 is 0 Å². The lowest BCUT2D eigenvalue weighted by Crippen LogP contribution is -2.37. The standard InChI is InChI=1S/C22H17F4N5O2S/c23-16-6-3-13(22(24,25)26)9-17(16)30-21(33)31(7-8-32)14-4-1-12(2-5-14)15-10-34-20-18(15)19(27)28-11-29-20/h1-6,9-11,32H,7-8H2,(H,30,33)(H2,27,28,29). The number of aliphatic hydroxyl groups is 1. The van der Waals surface area contributed by atoms with Gasteiger partial charge in [-0.3, -0.25) is 4.90 Å². The van der Waals surface area contributed by atoms with Gasteiger partial charge in [0.25, 0.3) is 0 Å². The van der Waals surface area contributed by atoms with Crippen molar-refractivity contribution in [1.29, 1.82) is 0 Å². The van der Waals surface area contributed by atoms with Crippen molar-refractivity contribution in [2.75, 3.05) is 29.1 Å². The van der Waals surface area contributed by atoms with Gasteiger partial charge in [0, 0.05) is 16.6 Å². The largest absolute Gasteiger partial charge is 0.416 e. The van der Waals surface area contributed by atoms with Crippen LogP contribution >= 0.6 is 11.3 Å². The van der Waals surface area contributed by atoms with Gasteiger partial charge in [-0.25, -0.2) is 19.2 Å². The number of aromatic nitrogens is 2. The SMILES string of the molecule is Nc1ncnc2scc(-c3ccc(N(CCO)C(=O)Nc4cc(C(F)(F)F)ccc4F)cc3)c12. The van der Waals surface area contributed by atoms with Crippen LogP contribution < -0.4 is 16.0 Å². The van der Waals surface area contributed by atoms with E-state index in [0.717, 1.165) is 20.9 Å². The Hall–Kier alpha value is -3.77. The number of amides is 2. The number of nitrogen functional groups attached to an aromatic ring is 1. The molecule has 12 heteroatoms. The summed E-state index contributed by atoms with van der Waals surface area (Å²) in [6, 6.07) is 7.44. The maximum Gasteiger partial charge on any atom is 0.416 e. The zero-order valence-corrected chi connectivity index (χ0v) is 18.1. The van der Waals surface area contributed by atoms with Gasteiger partial charge in [-0.1, -0.05) is 12.1 Å². The Labute approximate surface area is 194 Å². The molecule has 4 N–H and O–H groups in total. The summed E-state index contributed by atoms with van der Waals surface area (Å²) in [5.41, 5.74) is 6.16. The number of nitrogens with two attached hydrogens (primary N) is 1. The normalized spacial score (nSPS) is 11.6.